The van der Waals surface area contributed by atoms with Crippen molar-refractivity contribution in [1.29, 1.82) is 0 Å². The van der Waals surface area contributed by atoms with Crippen LogP contribution in [0.25, 0.3) is 0 Å². The van der Waals surface area contributed by atoms with Gasteiger partial charge < -0.3 is 9.64 Å². The summed E-state index contributed by atoms with van der Waals surface area (Å²) < 4.78 is 28.5. The number of carbonyl (C=O) groups excluding carboxylic acids is 2. The Labute approximate surface area is 148 Å². The molecule has 3 rings (SSSR count). The highest BCUT2D eigenvalue weighted by Crippen LogP contribution is 2.32. The van der Waals surface area contributed by atoms with Gasteiger partial charge in [0.25, 0.3) is 5.91 Å². The zero-order chi connectivity index (χ0) is 18.0. The summed E-state index contributed by atoms with van der Waals surface area (Å²) in [6.45, 7) is 1.68. The first-order valence-corrected chi connectivity index (χ1v) is 10.5. The maximum Gasteiger partial charge on any atom is 0.338 e. The molecule has 0 aromatic heterocycles. The van der Waals surface area contributed by atoms with Crippen molar-refractivity contribution in [1.82, 2.24) is 4.90 Å². The van der Waals surface area contributed by atoms with Gasteiger partial charge in [0.1, 0.15) is 0 Å². The monoisotopic (exact) mass is 365 g/mol. The number of amides is 1. The van der Waals surface area contributed by atoms with Crippen LogP contribution in [-0.2, 0) is 25.8 Å². The molecule has 136 valence electrons. The number of carbonyl (C=O) groups is 2. The highest BCUT2D eigenvalue weighted by molar-refractivity contribution is 7.91. The van der Waals surface area contributed by atoms with Gasteiger partial charge in [0.15, 0.2) is 16.4 Å². The Morgan fingerprint density at radius 3 is 2.32 bits per heavy atom. The normalized spacial score (nSPS) is 21.7. The van der Waals surface area contributed by atoms with Crippen molar-refractivity contribution in [3.8, 4) is 0 Å². The van der Waals surface area contributed by atoms with Crippen LogP contribution in [-0.4, -0.2) is 55.4 Å². The predicted molar refractivity (Wildman–Crippen MR) is 93.0 cm³/mol. The summed E-state index contributed by atoms with van der Waals surface area (Å²) in [5.41, 5.74) is 1.53. The van der Waals surface area contributed by atoms with E-state index in [1.807, 2.05) is 19.1 Å². The lowest BCUT2D eigenvalue weighted by atomic mass is 10.1. The summed E-state index contributed by atoms with van der Waals surface area (Å²) in [6.07, 6.45) is 3.12. The lowest BCUT2D eigenvalue weighted by Crippen LogP contribution is -2.44. The van der Waals surface area contributed by atoms with Gasteiger partial charge in [-0.25, -0.2) is 13.2 Å². The van der Waals surface area contributed by atoms with Crippen LogP contribution < -0.4 is 0 Å². The van der Waals surface area contributed by atoms with E-state index in [2.05, 4.69) is 0 Å². The van der Waals surface area contributed by atoms with Crippen LogP contribution >= 0.6 is 0 Å². The van der Waals surface area contributed by atoms with E-state index in [4.69, 9.17) is 4.74 Å². The topological polar surface area (TPSA) is 80.8 Å². The van der Waals surface area contributed by atoms with E-state index in [0.29, 0.717) is 12.0 Å². The minimum Gasteiger partial charge on any atom is -0.452 e. The highest BCUT2D eigenvalue weighted by Gasteiger charge is 2.42. The summed E-state index contributed by atoms with van der Waals surface area (Å²) >= 11 is 0. The standard InChI is InChI=1S/C18H23NO5S/c1-2-13-3-5-14(6-4-13)18(21)24-11-17(20)19(15-7-8-15)16-9-10-25(22,23)12-16/h3-6,15-16H,2,7-12H2,1H3/t16-/m0/s1. The fourth-order valence-corrected chi connectivity index (χ4v) is 4.93. The summed E-state index contributed by atoms with van der Waals surface area (Å²) in [7, 11) is -3.06. The van der Waals surface area contributed by atoms with Gasteiger partial charge in [-0.05, 0) is 43.4 Å². The van der Waals surface area contributed by atoms with Crippen LogP contribution in [0.4, 0.5) is 0 Å². The van der Waals surface area contributed by atoms with E-state index in [-0.39, 0.29) is 36.1 Å². The number of hydrogen-bond donors (Lipinski definition) is 0. The van der Waals surface area contributed by atoms with E-state index >= 15 is 0 Å². The summed E-state index contributed by atoms with van der Waals surface area (Å²) in [6, 6.07) is 6.90. The molecule has 1 aliphatic heterocycles. The van der Waals surface area contributed by atoms with Crippen LogP contribution in [0.2, 0.25) is 0 Å². The Bertz CT molecular complexity index is 752. The van der Waals surface area contributed by atoms with Gasteiger partial charge in [0, 0.05) is 12.1 Å². The number of nitrogens with zero attached hydrogens (tertiary/aromatic N) is 1. The number of aryl methyl sites for hydroxylation is 1. The minimum atomic E-state index is -3.06. The van der Waals surface area contributed by atoms with Crippen molar-refractivity contribution >= 4 is 21.7 Å². The highest BCUT2D eigenvalue weighted by atomic mass is 32.2. The molecule has 6 nitrogen and oxygen atoms in total. The summed E-state index contributed by atoms with van der Waals surface area (Å²) in [5.74, 6) is -0.701. The molecule has 0 spiro atoms. The largest absolute Gasteiger partial charge is 0.452 e. The third kappa shape index (κ3) is 4.39. The Morgan fingerprint density at radius 2 is 1.80 bits per heavy atom. The molecule has 1 atom stereocenters. The van der Waals surface area contributed by atoms with Gasteiger partial charge in [-0.2, -0.15) is 0 Å². The van der Waals surface area contributed by atoms with Gasteiger partial charge >= 0.3 is 5.97 Å². The second-order valence-electron chi connectivity index (χ2n) is 6.72. The van der Waals surface area contributed by atoms with Crippen LogP contribution in [0.15, 0.2) is 24.3 Å². The maximum atomic E-state index is 12.5. The van der Waals surface area contributed by atoms with Gasteiger partial charge in [-0.1, -0.05) is 19.1 Å². The van der Waals surface area contributed by atoms with Gasteiger partial charge in [0.2, 0.25) is 0 Å². The number of rotatable bonds is 6. The number of hydrogen-bond acceptors (Lipinski definition) is 5. The molecule has 1 saturated carbocycles. The minimum absolute atomic E-state index is 0.0155. The van der Waals surface area contributed by atoms with E-state index < -0.39 is 15.8 Å². The molecule has 2 aliphatic rings. The number of sulfone groups is 1. The molecule has 0 radical (unpaired) electrons. The number of benzene rings is 1. The van der Waals surface area contributed by atoms with Crippen LogP contribution in [0.3, 0.4) is 0 Å². The molecule has 1 aromatic carbocycles. The van der Waals surface area contributed by atoms with Crippen LogP contribution in [0.5, 0.6) is 0 Å². The second-order valence-corrected chi connectivity index (χ2v) is 8.94. The third-order valence-electron chi connectivity index (χ3n) is 4.75. The average molecular weight is 365 g/mol. The van der Waals surface area contributed by atoms with Crippen molar-refractivity contribution in [2.24, 2.45) is 0 Å². The van der Waals surface area contributed by atoms with Crippen molar-refractivity contribution in [2.75, 3.05) is 18.1 Å². The summed E-state index contributed by atoms with van der Waals surface area (Å²) in [5, 5.41) is 0. The SMILES string of the molecule is CCc1ccc(C(=O)OCC(=O)N(C2CC2)[C@H]2CCS(=O)(=O)C2)cc1. The molecule has 1 amide bonds. The van der Waals surface area contributed by atoms with E-state index in [1.165, 1.54) is 0 Å². The zero-order valence-electron chi connectivity index (χ0n) is 14.3. The molecule has 1 heterocycles. The predicted octanol–water partition coefficient (Wildman–Crippen LogP) is 1.58. The molecule has 0 N–H and O–H groups in total. The van der Waals surface area contributed by atoms with E-state index in [9.17, 15) is 18.0 Å². The molecular formula is C18H23NO5S. The van der Waals surface area contributed by atoms with Crippen LogP contribution in [0.1, 0.15) is 42.1 Å². The van der Waals surface area contributed by atoms with Gasteiger partial charge in [-0.3, -0.25) is 4.79 Å². The van der Waals surface area contributed by atoms with Gasteiger partial charge in [-0.15, -0.1) is 0 Å². The Morgan fingerprint density at radius 1 is 1.12 bits per heavy atom. The quantitative estimate of drug-likeness (QED) is 0.715. The smallest absolute Gasteiger partial charge is 0.338 e. The Hall–Kier alpha value is -1.89. The zero-order valence-corrected chi connectivity index (χ0v) is 15.1. The first-order chi connectivity index (χ1) is 11.9. The molecule has 0 bridgehead atoms. The molecule has 25 heavy (non-hydrogen) atoms. The van der Waals surface area contributed by atoms with Crippen molar-refractivity contribution in [3.63, 3.8) is 0 Å². The van der Waals surface area contributed by atoms with Crippen molar-refractivity contribution in [2.45, 2.75) is 44.7 Å². The first-order valence-electron chi connectivity index (χ1n) is 8.67. The Balaban J connectivity index is 1.59. The molecular weight excluding hydrogens is 342 g/mol. The molecule has 7 heteroatoms. The Kier molecular flexibility index (Phi) is 5.13. The first kappa shape index (κ1) is 17.9. The van der Waals surface area contributed by atoms with E-state index in [0.717, 1.165) is 24.8 Å². The van der Waals surface area contributed by atoms with Crippen molar-refractivity contribution in [3.05, 3.63) is 35.4 Å². The van der Waals surface area contributed by atoms with Crippen LogP contribution in [0, 0.1) is 0 Å². The molecule has 1 saturated heterocycles. The molecule has 0 unspecified atom stereocenters. The summed E-state index contributed by atoms with van der Waals surface area (Å²) in [4.78, 5) is 26.2. The van der Waals surface area contributed by atoms with Crippen molar-refractivity contribution < 1.29 is 22.7 Å². The van der Waals surface area contributed by atoms with Gasteiger partial charge in [0.05, 0.1) is 17.1 Å². The average Bonchev–Trinajstić information content (AvgIpc) is 3.36. The lowest BCUT2D eigenvalue weighted by Gasteiger charge is -2.28. The fourth-order valence-electron chi connectivity index (χ4n) is 3.21. The molecule has 2 fully saturated rings. The lowest BCUT2D eigenvalue weighted by molar-refractivity contribution is -0.137. The second kappa shape index (κ2) is 7.15. The van der Waals surface area contributed by atoms with E-state index in [1.54, 1.807) is 17.0 Å². The molecule has 1 aliphatic carbocycles. The third-order valence-corrected chi connectivity index (χ3v) is 6.51. The number of esters is 1. The number of ether oxygens (including phenoxy) is 1. The fraction of sp³-hybridized carbons (Fsp3) is 0.556. The molecule has 1 aromatic rings. The maximum absolute atomic E-state index is 12.5.